The Labute approximate surface area is 202 Å². The number of carbonyl (C=O) groups excluding carboxylic acids is 2. The number of halogens is 1. The van der Waals surface area contributed by atoms with Gasteiger partial charge in [0.1, 0.15) is 18.4 Å². The highest BCUT2D eigenvalue weighted by Gasteiger charge is 2.35. The van der Waals surface area contributed by atoms with Crippen molar-refractivity contribution < 1.29 is 14.0 Å². The molecule has 0 bridgehead atoms. The van der Waals surface area contributed by atoms with Gasteiger partial charge in [-0.05, 0) is 53.6 Å². The van der Waals surface area contributed by atoms with Crippen molar-refractivity contribution in [1.82, 2.24) is 30.4 Å². The van der Waals surface area contributed by atoms with E-state index in [1.54, 1.807) is 17.0 Å². The number of thiophene rings is 1. The summed E-state index contributed by atoms with van der Waals surface area (Å²) in [5.41, 5.74) is 0.799. The Kier molecular flexibility index (Phi) is 7.99. The third-order valence-corrected chi connectivity index (χ3v) is 7.00. The molecule has 1 aliphatic rings. The van der Waals surface area contributed by atoms with Gasteiger partial charge in [-0.1, -0.05) is 44.4 Å². The van der Waals surface area contributed by atoms with Crippen LogP contribution in [-0.2, 0) is 22.7 Å². The summed E-state index contributed by atoms with van der Waals surface area (Å²) >= 11 is 1.51. The minimum absolute atomic E-state index is 0.00283. The Morgan fingerprint density at radius 2 is 1.97 bits per heavy atom. The molecule has 180 valence electrons. The Morgan fingerprint density at radius 3 is 2.65 bits per heavy atom. The van der Waals surface area contributed by atoms with Gasteiger partial charge in [0.05, 0.1) is 4.88 Å². The van der Waals surface area contributed by atoms with Gasteiger partial charge < -0.3 is 10.2 Å². The largest absolute Gasteiger partial charge is 0.350 e. The zero-order valence-corrected chi connectivity index (χ0v) is 20.0. The van der Waals surface area contributed by atoms with Crippen molar-refractivity contribution >= 4 is 23.2 Å². The molecule has 1 atom stereocenters. The smallest absolute Gasteiger partial charge is 0.247 e. The van der Waals surface area contributed by atoms with Crippen molar-refractivity contribution in [2.75, 3.05) is 0 Å². The highest BCUT2D eigenvalue weighted by molar-refractivity contribution is 7.13. The van der Waals surface area contributed by atoms with Crippen LogP contribution in [0.2, 0.25) is 0 Å². The first-order valence-electron chi connectivity index (χ1n) is 11.7. The van der Waals surface area contributed by atoms with Gasteiger partial charge in [-0.3, -0.25) is 9.59 Å². The predicted molar refractivity (Wildman–Crippen MR) is 127 cm³/mol. The molecule has 1 aromatic carbocycles. The van der Waals surface area contributed by atoms with Crippen LogP contribution in [0.15, 0.2) is 41.8 Å². The summed E-state index contributed by atoms with van der Waals surface area (Å²) < 4.78 is 13.2. The third kappa shape index (κ3) is 5.85. The van der Waals surface area contributed by atoms with Gasteiger partial charge in [0.15, 0.2) is 0 Å². The summed E-state index contributed by atoms with van der Waals surface area (Å²) in [4.78, 5) is 30.6. The van der Waals surface area contributed by atoms with E-state index in [4.69, 9.17) is 0 Å². The number of rotatable bonds is 9. The van der Waals surface area contributed by atoms with E-state index in [-0.39, 0.29) is 36.8 Å². The van der Waals surface area contributed by atoms with Crippen LogP contribution in [0.1, 0.15) is 51.0 Å². The minimum Gasteiger partial charge on any atom is -0.350 e. The van der Waals surface area contributed by atoms with Crippen LogP contribution in [-0.4, -0.2) is 49.0 Å². The third-order valence-electron chi connectivity index (χ3n) is 6.13. The molecule has 34 heavy (non-hydrogen) atoms. The molecular weight excluding hydrogens is 455 g/mol. The molecule has 3 aromatic rings. The first-order valence-corrected chi connectivity index (χ1v) is 12.6. The van der Waals surface area contributed by atoms with Crippen LogP contribution in [0.5, 0.6) is 0 Å². The van der Waals surface area contributed by atoms with Crippen molar-refractivity contribution in [3.8, 4) is 10.7 Å². The Bertz CT molecular complexity index is 1080. The van der Waals surface area contributed by atoms with E-state index >= 15 is 0 Å². The van der Waals surface area contributed by atoms with Gasteiger partial charge in [0.2, 0.25) is 17.6 Å². The molecule has 0 spiro atoms. The van der Waals surface area contributed by atoms with Crippen LogP contribution < -0.4 is 5.32 Å². The first-order chi connectivity index (χ1) is 16.5. The maximum absolute atomic E-state index is 13.5. The van der Waals surface area contributed by atoms with Crippen LogP contribution in [0.3, 0.4) is 0 Å². The minimum atomic E-state index is -0.601. The summed E-state index contributed by atoms with van der Waals surface area (Å²) in [6.45, 7) is 2.11. The summed E-state index contributed by atoms with van der Waals surface area (Å²) in [6, 6.07) is 9.23. The highest BCUT2D eigenvalue weighted by atomic mass is 32.1. The fraction of sp³-hybridized carbons (Fsp3) is 0.458. The Balaban J connectivity index is 1.48. The fourth-order valence-electron chi connectivity index (χ4n) is 4.43. The summed E-state index contributed by atoms with van der Waals surface area (Å²) in [6.07, 6.45) is 5.44. The number of nitrogens with one attached hydrogen (secondary N) is 1. The predicted octanol–water partition coefficient (Wildman–Crippen LogP) is 3.80. The molecular formula is C24H29FN6O2S. The summed E-state index contributed by atoms with van der Waals surface area (Å²) in [5, 5.41) is 17.3. The second-order valence-corrected chi connectivity index (χ2v) is 9.43. The molecule has 0 unspecified atom stereocenters. The normalized spacial score (nSPS) is 15.1. The van der Waals surface area contributed by atoms with Crippen LogP contribution in [0, 0.1) is 5.82 Å². The van der Waals surface area contributed by atoms with E-state index in [0.29, 0.717) is 12.2 Å². The van der Waals surface area contributed by atoms with Gasteiger partial charge in [-0.2, -0.15) is 4.80 Å². The fourth-order valence-corrected chi connectivity index (χ4v) is 5.07. The zero-order valence-electron chi connectivity index (χ0n) is 19.2. The van der Waals surface area contributed by atoms with Crippen LogP contribution >= 0.6 is 11.3 Å². The number of benzene rings is 1. The van der Waals surface area contributed by atoms with Crippen molar-refractivity contribution in [1.29, 1.82) is 0 Å². The lowest BCUT2D eigenvalue weighted by Gasteiger charge is -2.39. The zero-order chi connectivity index (χ0) is 23.9. The van der Waals surface area contributed by atoms with E-state index in [9.17, 15) is 14.0 Å². The van der Waals surface area contributed by atoms with E-state index in [1.165, 1.54) is 28.3 Å². The molecule has 10 heteroatoms. The van der Waals surface area contributed by atoms with E-state index < -0.39 is 6.04 Å². The quantitative estimate of drug-likeness (QED) is 0.499. The molecule has 2 heterocycles. The number of hydrogen-bond acceptors (Lipinski definition) is 6. The lowest BCUT2D eigenvalue weighted by Crippen LogP contribution is -2.55. The highest BCUT2D eigenvalue weighted by Crippen LogP contribution is 2.26. The average Bonchev–Trinajstić information content (AvgIpc) is 3.54. The van der Waals surface area contributed by atoms with Gasteiger partial charge in [0.25, 0.3) is 0 Å². The average molecular weight is 485 g/mol. The summed E-state index contributed by atoms with van der Waals surface area (Å²) in [5.74, 6) is -0.238. The van der Waals surface area contributed by atoms with Crippen LogP contribution in [0.4, 0.5) is 4.39 Å². The van der Waals surface area contributed by atoms with Crippen molar-refractivity contribution in [2.24, 2.45) is 0 Å². The number of carbonyl (C=O) groups is 2. The SMILES string of the molecule is CC[C@H](C(=O)NCc1ccc(F)cc1)N(C(=O)Cn1nnc(-c2cccs2)n1)C1CCCCC1. The molecule has 1 saturated carbocycles. The maximum Gasteiger partial charge on any atom is 0.247 e. The van der Waals surface area contributed by atoms with E-state index in [2.05, 4.69) is 20.7 Å². The number of hydrogen-bond donors (Lipinski definition) is 1. The second-order valence-electron chi connectivity index (χ2n) is 8.48. The number of nitrogens with zero attached hydrogens (tertiary/aromatic N) is 5. The van der Waals surface area contributed by atoms with Gasteiger partial charge in [0, 0.05) is 12.6 Å². The number of tetrazole rings is 1. The number of amides is 2. The Hall–Kier alpha value is -3.14. The molecule has 0 saturated heterocycles. The molecule has 1 fully saturated rings. The van der Waals surface area contributed by atoms with Crippen molar-refractivity contribution in [3.63, 3.8) is 0 Å². The monoisotopic (exact) mass is 484 g/mol. The van der Waals surface area contributed by atoms with Crippen molar-refractivity contribution in [3.05, 3.63) is 53.2 Å². The van der Waals surface area contributed by atoms with E-state index in [0.717, 1.165) is 42.5 Å². The maximum atomic E-state index is 13.5. The molecule has 2 amide bonds. The molecule has 4 rings (SSSR count). The molecule has 8 nitrogen and oxygen atoms in total. The van der Waals surface area contributed by atoms with Crippen molar-refractivity contribution in [2.45, 2.75) is 70.6 Å². The molecule has 1 aliphatic carbocycles. The molecule has 1 N–H and O–H groups in total. The topological polar surface area (TPSA) is 93.0 Å². The molecule has 2 aromatic heterocycles. The number of aromatic nitrogens is 4. The Morgan fingerprint density at radius 1 is 1.21 bits per heavy atom. The van der Waals surface area contributed by atoms with Crippen LogP contribution in [0.25, 0.3) is 10.7 Å². The second kappa shape index (κ2) is 11.3. The molecule has 0 aliphatic heterocycles. The van der Waals surface area contributed by atoms with Gasteiger partial charge in [-0.15, -0.1) is 21.5 Å². The van der Waals surface area contributed by atoms with Gasteiger partial charge in [-0.25, -0.2) is 4.39 Å². The van der Waals surface area contributed by atoms with Gasteiger partial charge >= 0.3 is 0 Å². The molecule has 0 radical (unpaired) electrons. The lowest BCUT2D eigenvalue weighted by atomic mass is 9.92. The first kappa shape index (κ1) is 24.0. The lowest BCUT2D eigenvalue weighted by molar-refractivity contribution is -0.145. The standard InChI is InChI=1S/C24H29FN6O2S/c1-2-20(24(33)26-15-17-10-12-18(25)13-11-17)31(19-7-4-3-5-8-19)22(32)16-30-28-23(27-29-30)21-9-6-14-34-21/h6,9-14,19-20H,2-5,7-8,15-16H2,1H3,(H,26,33)/t20-/m1/s1. The van der Waals surface area contributed by atoms with E-state index in [1.807, 2.05) is 24.4 Å². The summed E-state index contributed by atoms with van der Waals surface area (Å²) in [7, 11) is 0.